The molecule has 1 heterocycles. The number of likely N-dealkylation sites (N-methyl/N-ethyl adjacent to an activating group) is 1. The summed E-state index contributed by atoms with van der Waals surface area (Å²) in [5, 5.41) is 0. The Morgan fingerprint density at radius 1 is 1.00 bits per heavy atom. The summed E-state index contributed by atoms with van der Waals surface area (Å²) in [5.74, 6) is -0.0591. The first-order chi connectivity index (χ1) is 12.1. The fraction of sp³-hybridized carbons (Fsp3) is 0.350. The average molecular weight is 341 g/mol. The van der Waals surface area contributed by atoms with Crippen LogP contribution in [0.2, 0.25) is 0 Å². The Morgan fingerprint density at radius 2 is 1.64 bits per heavy atom. The van der Waals surface area contributed by atoms with E-state index in [9.17, 15) is 9.18 Å². The monoisotopic (exact) mass is 341 g/mol. The van der Waals surface area contributed by atoms with E-state index in [0.29, 0.717) is 19.6 Å². The standard InChI is InChI=1S/C20H24FN3O/c1-22(15-17-5-3-2-4-6-17)16-20(25)24-13-11-23(12-14-24)19-9-7-18(21)8-10-19/h2-10H,11-16H2,1H3. The van der Waals surface area contributed by atoms with Gasteiger partial charge in [0.15, 0.2) is 0 Å². The van der Waals surface area contributed by atoms with Gasteiger partial charge in [0, 0.05) is 38.4 Å². The molecule has 0 unspecified atom stereocenters. The topological polar surface area (TPSA) is 26.8 Å². The minimum absolute atomic E-state index is 0.164. The first kappa shape index (κ1) is 17.4. The Kier molecular flexibility index (Phi) is 5.66. The zero-order valence-electron chi connectivity index (χ0n) is 14.6. The van der Waals surface area contributed by atoms with Crippen molar-refractivity contribution in [1.82, 2.24) is 9.80 Å². The van der Waals surface area contributed by atoms with Gasteiger partial charge in [-0.15, -0.1) is 0 Å². The van der Waals surface area contributed by atoms with E-state index >= 15 is 0 Å². The lowest BCUT2D eigenvalue weighted by Crippen LogP contribution is -2.51. The summed E-state index contributed by atoms with van der Waals surface area (Å²) in [6.45, 7) is 4.15. The summed E-state index contributed by atoms with van der Waals surface area (Å²) in [6, 6.07) is 16.7. The first-order valence-electron chi connectivity index (χ1n) is 8.62. The van der Waals surface area contributed by atoms with Gasteiger partial charge in [0.25, 0.3) is 0 Å². The minimum Gasteiger partial charge on any atom is -0.368 e. The van der Waals surface area contributed by atoms with Gasteiger partial charge in [-0.05, 0) is 36.9 Å². The molecule has 132 valence electrons. The molecule has 3 rings (SSSR count). The number of rotatable bonds is 5. The van der Waals surface area contributed by atoms with Crippen LogP contribution in [0, 0.1) is 5.82 Å². The van der Waals surface area contributed by atoms with Gasteiger partial charge >= 0.3 is 0 Å². The van der Waals surface area contributed by atoms with E-state index in [2.05, 4.69) is 17.0 Å². The molecule has 0 N–H and O–H groups in total. The number of nitrogens with zero attached hydrogens (tertiary/aromatic N) is 3. The number of hydrogen-bond donors (Lipinski definition) is 0. The SMILES string of the molecule is CN(CC(=O)N1CCN(c2ccc(F)cc2)CC1)Cc1ccccc1. The van der Waals surface area contributed by atoms with Crippen LogP contribution >= 0.6 is 0 Å². The lowest BCUT2D eigenvalue weighted by Gasteiger charge is -2.36. The van der Waals surface area contributed by atoms with Crippen molar-refractivity contribution in [3.63, 3.8) is 0 Å². The lowest BCUT2D eigenvalue weighted by molar-refractivity contribution is -0.132. The molecular formula is C20H24FN3O. The maximum atomic E-state index is 13.0. The van der Waals surface area contributed by atoms with Crippen LogP contribution in [-0.2, 0) is 11.3 Å². The van der Waals surface area contributed by atoms with Crippen LogP contribution in [0.15, 0.2) is 54.6 Å². The van der Waals surface area contributed by atoms with Crippen molar-refractivity contribution in [3.05, 3.63) is 66.0 Å². The molecule has 2 aromatic rings. The average Bonchev–Trinajstić information content (AvgIpc) is 2.63. The second-order valence-electron chi connectivity index (χ2n) is 6.50. The van der Waals surface area contributed by atoms with Crippen molar-refractivity contribution in [2.45, 2.75) is 6.54 Å². The van der Waals surface area contributed by atoms with E-state index in [1.807, 2.05) is 35.0 Å². The van der Waals surface area contributed by atoms with Crippen molar-refractivity contribution in [1.29, 1.82) is 0 Å². The van der Waals surface area contributed by atoms with Crippen LogP contribution in [-0.4, -0.2) is 55.5 Å². The molecular weight excluding hydrogens is 317 g/mol. The number of anilines is 1. The van der Waals surface area contributed by atoms with Gasteiger partial charge in [0.1, 0.15) is 5.82 Å². The molecule has 0 saturated carbocycles. The fourth-order valence-electron chi connectivity index (χ4n) is 3.15. The number of benzene rings is 2. The Bertz CT molecular complexity index is 682. The molecule has 1 saturated heterocycles. The molecule has 1 aliphatic rings. The summed E-state index contributed by atoms with van der Waals surface area (Å²) in [6.07, 6.45) is 0. The van der Waals surface area contributed by atoms with Crippen LogP contribution in [0.25, 0.3) is 0 Å². The van der Waals surface area contributed by atoms with Crippen molar-refractivity contribution in [2.24, 2.45) is 0 Å². The number of carbonyl (C=O) groups excluding carboxylic acids is 1. The van der Waals surface area contributed by atoms with Crippen LogP contribution in [0.3, 0.4) is 0 Å². The Balaban J connectivity index is 1.47. The van der Waals surface area contributed by atoms with Gasteiger partial charge in [0.05, 0.1) is 6.54 Å². The number of hydrogen-bond acceptors (Lipinski definition) is 3. The molecule has 5 heteroatoms. The maximum absolute atomic E-state index is 13.0. The van der Waals surface area contributed by atoms with Crippen molar-refractivity contribution in [2.75, 3.05) is 44.7 Å². The third-order valence-electron chi connectivity index (χ3n) is 4.52. The Labute approximate surface area is 148 Å². The Hall–Kier alpha value is -2.40. The smallest absolute Gasteiger partial charge is 0.236 e. The lowest BCUT2D eigenvalue weighted by atomic mass is 10.2. The van der Waals surface area contributed by atoms with E-state index in [1.54, 1.807) is 12.1 Å². The van der Waals surface area contributed by atoms with E-state index in [-0.39, 0.29) is 11.7 Å². The summed E-state index contributed by atoms with van der Waals surface area (Å²) in [4.78, 5) is 18.7. The van der Waals surface area contributed by atoms with E-state index in [1.165, 1.54) is 17.7 Å². The van der Waals surface area contributed by atoms with Gasteiger partial charge in [-0.3, -0.25) is 9.69 Å². The van der Waals surface area contributed by atoms with Crippen LogP contribution in [0.1, 0.15) is 5.56 Å². The molecule has 0 aliphatic carbocycles. The number of amides is 1. The van der Waals surface area contributed by atoms with E-state index < -0.39 is 0 Å². The molecule has 1 aliphatic heterocycles. The molecule has 0 radical (unpaired) electrons. The second-order valence-corrected chi connectivity index (χ2v) is 6.50. The van der Waals surface area contributed by atoms with Gasteiger partial charge in [0.2, 0.25) is 5.91 Å². The highest BCUT2D eigenvalue weighted by Gasteiger charge is 2.22. The molecule has 1 fully saturated rings. The molecule has 0 atom stereocenters. The summed E-state index contributed by atoms with van der Waals surface area (Å²) < 4.78 is 13.0. The van der Waals surface area contributed by atoms with Crippen molar-refractivity contribution >= 4 is 11.6 Å². The van der Waals surface area contributed by atoms with Crippen LogP contribution in [0.4, 0.5) is 10.1 Å². The number of halogens is 1. The summed E-state index contributed by atoms with van der Waals surface area (Å²) in [5.41, 5.74) is 2.22. The zero-order valence-corrected chi connectivity index (χ0v) is 14.6. The van der Waals surface area contributed by atoms with E-state index in [4.69, 9.17) is 0 Å². The zero-order chi connectivity index (χ0) is 17.6. The summed E-state index contributed by atoms with van der Waals surface area (Å²) in [7, 11) is 1.97. The highest BCUT2D eigenvalue weighted by Crippen LogP contribution is 2.17. The van der Waals surface area contributed by atoms with Gasteiger partial charge in [-0.1, -0.05) is 30.3 Å². The van der Waals surface area contributed by atoms with Crippen molar-refractivity contribution in [3.8, 4) is 0 Å². The first-order valence-corrected chi connectivity index (χ1v) is 8.62. The van der Waals surface area contributed by atoms with Gasteiger partial charge in [-0.25, -0.2) is 4.39 Å². The highest BCUT2D eigenvalue weighted by molar-refractivity contribution is 5.78. The van der Waals surface area contributed by atoms with Gasteiger partial charge in [-0.2, -0.15) is 0 Å². The summed E-state index contributed by atoms with van der Waals surface area (Å²) >= 11 is 0. The number of piperazine rings is 1. The molecule has 1 amide bonds. The highest BCUT2D eigenvalue weighted by atomic mass is 19.1. The fourth-order valence-corrected chi connectivity index (χ4v) is 3.15. The predicted molar refractivity (Wildman–Crippen MR) is 98.0 cm³/mol. The molecule has 0 bridgehead atoms. The second kappa shape index (κ2) is 8.12. The molecule has 25 heavy (non-hydrogen) atoms. The largest absolute Gasteiger partial charge is 0.368 e. The Morgan fingerprint density at radius 3 is 2.28 bits per heavy atom. The normalized spacial score (nSPS) is 14.8. The maximum Gasteiger partial charge on any atom is 0.236 e. The van der Waals surface area contributed by atoms with E-state index in [0.717, 1.165) is 25.3 Å². The molecule has 0 spiro atoms. The molecule has 0 aromatic heterocycles. The minimum atomic E-state index is -0.223. The van der Waals surface area contributed by atoms with Crippen LogP contribution in [0.5, 0.6) is 0 Å². The van der Waals surface area contributed by atoms with Crippen LogP contribution < -0.4 is 4.90 Å². The third-order valence-corrected chi connectivity index (χ3v) is 4.52. The number of carbonyl (C=O) groups is 1. The molecule has 4 nitrogen and oxygen atoms in total. The third kappa shape index (κ3) is 4.79. The van der Waals surface area contributed by atoms with Crippen molar-refractivity contribution < 1.29 is 9.18 Å². The molecule has 2 aromatic carbocycles. The predicted octanol–water partition coefficient (Wildman–Crippen LogP) is 2.61. The van der Waals surface area contributed by atoms with Gasteiger partial charge < -0.3 is 9.80 Å². The quantitative estimate of drug-likeness (QED) is 0.836.